The van der Waals surface area contributed by atoms with Gasteiger partial charge in [-0.2, -0.15) is 0 Å². The van der Waals surface area contributed by atoms with E-state index in [2.05, 4.69) is 10.6 Å². The molecule has 1 rings (SSSR count). The van der Waals surface area contributed by atoms with Crippen molar-refractivity contribution >= 4 is 12.2 Å². The zero-order chi connectivity index (χ0) is 18.6. The van der Waals surface area contributed by atoms with Gasteiger partial charge in [-0.25, -0.2) is 9.59 Å². The molecule has 1 aliphatic carbocycles. The Hall–Kier alpha value is -1.50. The lowest BCUT2D eigenvalue weighted by molar-refractivity contribution is 0.0472. The predicted octanol–water partition coefficient (Wildman–Crippen LogP) is 2.57. The monoisotopic (exact) mass is 344 g/mol. The van der Waals surface area contributed by atoms with E-state index in [1.807, 2.05) is 20.8 Å². The standard InChI is InChI=1S/C17H32N2O5/c1-15(2,3)23-13(21)18-9-7-12-11-17(12,8-10-20)19-14(22)24-16(4,5)6/h12,20H,7-11H2,1-6H3,(H,18,21)(H,19,22)/t12-,17-/m1/s1. The fraction of sp³-hybridized carbons (Fsp3) is 0.882. The number of amides is 2. The van der Waals surface area contributed by atoms with Gasteiger partial charge in [0.05, 0.1) is 0 Å². The molecular formula is C17H32N2O5. The van der Waals surface area contributed by atoms with E-state index in [4.69, 9.17) is 9.47 Å². The molecule has 0 spiro atoms. The van der Waals surface area contributed by atoms with E-state index in [-0.39, 0.29) is 12.5 Å². The van der Waals surface area contributed by atoms with Crippen molar-refractivity contribution in [1.29, 1.82) is 0 Å². The quantitative estimate of drug-likeness (QED) is 0.688. The van der Waals surface area contributed by atoms with Crippen molar-refractivity contribution in [3.8, 4) is 0 Å². The van der Waals surface area contributed by atoms with Crippen molar-refractivity contribution in [2.75, 3.05) is 13.2 Å². The number of aliphatic hydroxyl groups excluding tert-OH is 1. The van der Waals surface area contributed by atoms with Crippen LogP contribution in [0, 0.1) is 5.92 Å². The Morgan fingerprint density at radius 3 is 2.12 bits per heavy atom. The van der Waals surface area contributed by atoms with E-state index >= 15 is 0 Å². The van der Waals surface area contributed by atoms with Gasteiger partial charge >= 0.3 is 12.2 Å². The first-order valence-electron chi connectivity index (χ1n) is 8.46. The van der Waals surface area contributed by atoms with Gasteiger partial charge in [-0.05, 0) is 66.7 Å². The first kappa shape index (κ1) is 20.5. The van der Waals surface area contributed by atoms with Gasteiger partial charge in [-0.15, -0.1) is 0 Å². The molecule has 0 saturated heterocycles. The van der Waals surface area contributed by atoms with E-state index in [1.165, 1.54) is 0 Å². The average molecular weight is 344 g/mol. The lowest BCUT2D eigenvalue weighted by atomic mass is 10.1. The third-order valence-corrected chi connectivity index (χ3v) is 3.70. The molecule has 0 heterocycles. The van der Waals surface area contributed by atoms with E-state index in [0.29, 0.717) is 19.4 Å². The fourth-order valence-corrected chi connectivity index (χ4v) is 2.65. The summed E-state index contributed by atoms with van der Waals surface area (Å²) in [5, 5.41) is 14.9. The average Bonchev–Trinajstić information content (AvgIpc) is 2.96. The minimum atomic E-state index is -0.562. The number of hydrogen-bond donors (Lipinski definition) is 3. The van der Waals surface area contributed by atoms with Crippen LogP contribution in [0.2, 0.25) is 0 Å². The molecule has 2 atom stereocenters. The maximum Gasteiger partial charge on any atom is 0.408 e. The lowest BCUT2D eigenvalue weighted by Gasteiger charge is -2.24. The number of alkyl carbamates (subject to hydrolysis) is 2. The molecule has 0 aromatic carbocycles. The van der Waals surface area contributed by atoms with Gasteiger partial charge in [-0.3, -0.25) is 0 Å². The predicted molar refractivity (Wildman–Crippen MR) is 90.8 cm³/mol. The highest BCUT2D eigenvalue weighted by Crippen LogP contribution is 2.48. The summed E-state index contributed by atoms with van der Waals surface area (Å²) in [6, 6.07) is 0. The van der Waals surface area contributed by atoms with Crippen molar-refractivity contribution in [3.63, 3.8) is 0 Å². The molecule has 0 aromatic heterocycles. The lowest BCUT2D eigenvalue weighted by Crippen LogP contribution is -2.43. The molecule has 0 unspecified atom stereocenters. The van der Waals surface area contributed by atoms with Crippen LogP contribution in [0.25, 0.3) is 0 Å². The van der Waals surface area contributed by atoms with Crippen LogP contribution in [0.1, 0.15) is 60.8 Å². The SMILES string of the molecule is CC(C)(C)OC(=O)NCC[C@@H]1C[C@@]1(CCO)NC(=O)OC(C)(C)C. The smallest absolute Gasteiger partial charge is 0.408 e. The molecule has 7 nitrogen and oxygen atoms in total. The number of nitrogens with one attached hydrogen (secondary N) is 2. The molecule has 0 aliphatic heterocycles. The number of ether oxygens (including phenoxy) is 2. The maximum absolute atomic E-state index is 12.0. The van der Waals surface area contributed by atoms with Crippen LogP contribution >= 0.6 is 0 Å². The summed E-state index contributed by atoms with van der Waals surface area (Å²) < 4.78 is 10.5. The molecule has 0 radical (unpaired) electrons. The third-order valence-electron chi connectivity index (χ3n) is 3.70. The number of carbonyl (C=O) groups excluding carboxylic acids is 2. The highest BCUT2D eigenvalue weighted by Gasteiger charge is 2.54. The van der Waals surface area contributed by atoms with Crippen LogP contribution in [-0.4, -0.2) is 47.2 Å². The summed E-state index contributed by atoms with van der Waals surface area (Å²) in [6.45, 7) is 11.3. The van der Waals surface area contributed by atoms with Gasteiger partial charge in [0.2, 0.25) is 0 Å². The van der Waals surface area contributed by atoms with E-state index < -0.39 is 28.9 Å². The Kier molecular flexibility index (Phi) is 6.50. The van der Waals surface area contributed by atoms with E-state index in [9.17, 15) is 14.7 Å². The minimum Gasteiger partial charge on any atom is -0.444 e. The largest absolute Gasteiger partial charge is 0.444 e. The first-order chi connectivity index (χ1) is 10.9. The molecule has 2 amide bonds. The van der Waals surface area contributed by atoms with Gasteiger partial charge < -0.3 is 25.2 Å². The summed E-state index contributed by atoms with van der Waals surface area (Å²) in [7, 11) is 0. The topological polar surface area (TPSA) is 96.9 Å². The van der Waals surface area contributed by atoms with Crippen molar-refractivity contribution in [2.24, 2.45) is 5.92 Å². The summed E-state index contributed by atoms with van der Waals surface area (Å²) in [5.41, 5.74) is -1.53. The normalized spacial score (nSPS) is 23.4. The zero-order valence-corrected chi connectivity index (χ0v) is 15.7. The van der Waals surface area contributed by atoms with Gasteiger partial charge in [0.25, 0.3) is 0 Å². The Bertz CT molecular complexity index is 453. The number of carbonyl (C=O) groups is 2. The number of hydrogen-bond acceptors (Lipinski definition) is 5. The summed E-state index contributed by atoms with van der Waals surface area (Å²) >= 11 is 0. The summed E-state index contributed by atoms with van der Waals surface area (Å²) in [6.07, 6.45) is 1.02. The molecule has 0 aromatic rings. The van der Waals surface area contributed by atoms with Crippen molar-refractivity contribution in [2.45, 2.75) is 77.5 Å². The molecular weight excluding hydrogens is 312 g/mol. The number of rotatable bonds is 6. The first-order valence-corrected chi connectivity index (χ1v) is 8.46. The van der Waals surface area contributed by atoms with Crippen LogP contribution < -0.4 is 10.6 Å². The Morgan fingerprint density at radius 1 is 1.08 bits per heavy atom. The van der Waals surface area contributed by atoms with E-state index in [1.54, 1.807) is 20.8 Å². The minimum absolute atomic E-state index is 0.00814. The van der Waals surface area contributed by atoms with Gasteiger partial charge in [0.1, 0.15) is 11.2 Å². The molecule has 1 saturated carbocycles. The highest BCUT2D eigenvalue weighted by atomic mass is 16.6. The van der Waals surface area contributed by atoms with Crippen LogP contribution in [0.4, 0.5) is 9.59 Å². The summed E-state index contributed by atoms with van der Waals surface area (Å²) in [4.78, 5) is 23.6. The van der Waals surface area contributed by atoms with Crippen molar-refractivity contribution < 1.29 is 24.2 Å². The van der Waals surface area contributed by atoms with Gasteiger partial charge in [0, 0.05) is 18.7 Å². The van der Waals surface area contributed by atoms with E-state index in [0.717, 1.165) is 6.42 Å². The second-order valence-corrected chi connectivity index (χ2v) is 8.38. The van der Waals surface area contributed by atoms with Crippen LogP contribution in [0.15, 0.2) is 0 Å². The Morgan fingerprint density at radius 2 is 1.62 bits per heavy atom. The zero-order valence-electron chi connectivity index (χ0n) is 15.7. The van der Waals surface area contributed by atoms with Crippen LogP contribution in [0.3, 0.4) is 0 Å². The van der Waals surface area contributed by atoms with Gasteiger partial charge in [0.15, 0.2) is 0 Å². The van der Waals surface area contributed by atoms with Crippen LogP contribution in [-0.2, 0) is 9.47 Å². The Labute approximate surface area is 144 Å². The second-order valence-electron chi connectivity index (χ2n) is 8.38. The van der Waals surface area contributed by atoms with Crippen LogP contribution in [0.5, 0.6) is 0 Å². The maximum atomic E-state index is 12.0. The molecule has 0 bridgehead atoms. The second kappa shape index (κ2) is 7.59. The molecule has 7 heteroatoms. The highest BCUT2D eigenvalue weighted by molar-refractivity contribution is 5.69. The summed E-state index contributed by atoms with van der Waals surface area (Å²) in [5.74, 6) is 0.201. The Balaban J connectivity index is 2.41. The number of aliphatic hydroxyl groups is 1. The van der Waals surface area contributed by atoms with Gasteiger partial charge in [-0.1, -0.05) is 0 Å². The van der Waals surface area contributed by atoms with Crippen molar-refractivity contribution in [3.05, 3.63) is 0 Å². The molecule has 140 valence electrons. The molecule has 24 heavy (non-hydrogen) atoms. The third kappa shape index (κ3) is 7.38. The van der Waals surface area contributed by atoms with Crippen molar-refractivity contribution in [1.82, 2.24) is 10.6 Å². The molecule has 1 aliphatic rings. The fourth-order valence-electron chi connectivity index (χ4n) is 2.65. The molecule has 3 N–H and O–H groups in total. The molecule has 1 fully saturated rings.